The molecule has 464 valence electrons. The first-order chi connectivity index (χ1) is 46.8. The fourth-order valence-corrected chi connectivity index (χ4v) is 16.8. The third-order valence-electron chi connectivity index (χ3n) is 21.8. The van der Waals surface area contributed by atoms with E-state index in [9.17, 15) is 0 Å². The van der Waals surface area contributed by atoms with E-state index in [2.05, 4.69) is 249 Å². The summed E-state index contributed by atoms with van der Waals surface area (Å²) in [6, 6.07) is 71.9. The molecule has 9 aromatic carbocycles. The largest absolute Gasteiger partial charge is 0.455 e. The normalized spacial score (nSPS) is 15.6. The maximum Gasteiger partial charge on any atom is 0.144 e. The van der Waals surface area contributed by atoms with Gasteiger partial charge in [0.1, 0.15) is 33.5 Å². The Bertz CT molecular complexity index is 5800. The zero-order chi connectivity index (χ0) is 64.8. The summed E-state index contributed by atoms with van der Waals surface area (Å²) >= 11 is 0. The van der Waals surface area contributed by atoms with Crippen LogP contribution in [0, 0.1) is 5.41 Å². The van der Waals surface area contributed by atoms with Crippen molar-refractivity contribution in [2.75, 3.05) is 0 Å². The number of hydrogen-bond acceptors (Lipinski definition) is 6. The van der Waals surface area contributed by atoms with Crippen LogP contribution in [0.4, 0.5) is 0 Å². The number of benzene rings is 9. The van der Waals surface area contributed by atoms with Gasteiger partial charge in [-0.1, -0.05) is 212 Å². The number of hydrogen-bond donors (Lipinski definition) is 0. The summed E-state index contributed by atoms with van der Waals surface area (Å²) in [5, 5.41) is 6.57. The molecule has 0 bridgehead atoms. The van der Waals surface area contributed by atoms with Crippen LogP contribution in [0.2, 0.25) is 0 Å². The topological polar surface area (TPSA) is 78.1 Å². The first kappa shape index (κ1) is 57.7. The molecule has 15 aromatic rings. The SMILES string of the molecule is C=C/C=C\C1=C(c2ccc(-c3cccc4c3oc3ccccc34)nc2)c2c3c(c4c(c2CCC1(C)C)-c1c(-c2ccc(-c5cccc6c5oc5ccccc56)nc2)cccc1C(C)(C)CC4)-c1c(-c2ccc(-c4cccc5c4oc4ccccc45)nc2)cccc1C(C)(C)CC3. The second-order valence-electron chi connectivity index (χ2n) is 28.7. The van der Waals surface area contributed by atoms with Crippen molar-refractivity contribution in [3.63, 3.8) is 0 Å². The smallest absolute Gasteiger partial charge is 0.144 e. The van der Waals surface area contributed by atoms with Crippen LogP contribution in [0.5, 0.6) is 0 Å². The van der Waals surface area contributed by atoms with Crippen LogP contribution >= 0.6 is 0 Å². The van der Waals surface area contributed by atoms with Crippen LogP contribution in [-0.4, -0.2) is 15.0 Å². The monoisotopic (exact) mass is 1240 g/mol. The van der Waals surface area contributed by atoms with E-state index in [1.54, 1.807) is 0 Å². The fourth-order valence-electron chi connectivity index (χ4n) is 16.8. The van der Waals surface area contributed by atoms with Crippen LogP contribution in [0.15, 0.2) is 262 Å². The molecule has 0 saturated carbocycles. The van der Waals surface area contributed by atoms with E-state index in [0.29, 0.717) is 0 Å². The van der Waals surface area contributed by atoms with Crippen molar-refractivity contribution >= 4 is 71.4 Å². The number of para-hydroxylation sites is 6. The second kappa shape index (κ2) is 21.8. The van der Waals surface area contributed by atoms with Crippen molar-refractivity contribution in [2.24, 2.45) is 5.41 Å². The number of aromatic nitrogens is 3. The van der Waals surface area contributed by atoms with Gasteiger partial charge in [0, 0.05) is 84.3 Å². The molecule has 6 nitrogen and oxygen atoms in total. The van der Waals surface area contributed by atoms with E-state index in [4.69, 9.17) is 28.2 Å². The highest BCUT2D eigenvalue weighted by Crippen LogP contribution is 2.59. The molecule has 0 spiro atoms. The van der Waals surface area contributed by atoms with E-state index < -0.39 is 0 Å². The summed E-state index contributed by atoms with van der Waals surface area (Å²) in [5.41, 5.74) is 31.6. The molecular weight excluding hydrogens is 1170 g/mol. The van der Waals surface area contributed by atoms with Crippen molar-refractivity contribution in [1.29, 1.82) is 0 Å². The van der Waals surface area contributed by atoms with Gasteiger partial charge in [0.25, 0.3) is 0 Å². The van der Waals surface area contributed by atoms with E-state index in [-0.39, 0.29) is 16.2 Å². The molecule has 3 aliphatic carbocycles. The molecule has 6 heterocycles. The van der Waals surface area contributed by atoms with Crippen LogP contribution in [0.25, 0.3) is 150 Å². The Balaban J connectivity index is 0.909. The number of nitrogens with zero attached hydrogens (tertiary/aromatic N) is 3. The van der Waals surface area contributed by atoms with Gasteiger partial charge in [-0.2, -0.15) is 0 Å². The lowest BCUT2D eigenvalue weighted by Gasteiger charge is -2.30. The molecule has 0 atom stereocenters. The molecule has 0 N–H and O–H groups in total. The van der Waals surface area contributed by atoms with Gasteiger partial charge >= 0.3 is 0 Å². The second-order valence-corrected chi connectivity index (χ2v) is 28.7. The number of furan rings is 3. The molecule has 0 aliphatic heterocycles. The summed E-state index contributed by atoms with van der Waals surface area (Å²) in [7, 11) is 0. The van der Waals surface area contributed by atoms with Crippen LogP contribution in [-0.2, 0) is 30.1 Å². The molecule has 3 aliphatic rings. The highest BCUT2D eigenvalue weighted by Gasteiger charge is 2.42. The van der Waals surface area contributed by atoms with Gasteiger partial charge in [0.05, 0.1) is 17.1 Å². The Kier molecular flexibility index (Phi) is 13.1. The van der Waals surface area contributed by atoms with Gasteiger partial charge in [-0.15, -0.1) is 0 Å². The van der Waals surface area contributed by atoms with E-state index >= 15 is 0 Å². The van der Waals surface area contributed by atoms with E-state index in [0.717, 1.165) is 155 Å². The standard InChI is InChI=1S/C90H71N3O3/c1-8-9-32-70-79(55-40-43-75(93-52-55)66-31-18-28-63-60-23-12-15-37-78(60)96-87(63)66)80-67(44-47-88(70,2)3)81-69(46-49-90(6,7)72-34-20-25-57(84(72)81)54-39-42-74(92-51-54)65-30-17-27-62-59-22-11-14-36-77(59)95-86(62)65)82-68(80)45-48-89(4,5)71-33-19-24-56(83(71)82)53-38-41-73(91-50-53)64-29-16-26-61-58-21-10-13-35-76(58)94-85(61)64/h8-43,50-52H,1,44-49H2,2-7H3/b32-9-. The molecule has 0 amide bonds. The average molecular weight is 1240 g/mol. The molecule has 6 heteroatoms. The summed E-state index contributed by atoms with van der Waals surface area (Å²) in [6.07, 6.45) is 18.2. The Morgan fingerprint density at radius 3 is 1.09 bits per heavy atom. The Morgan fingerprint density at radius 2 is 0.698 bits per heavy atom. The van der Waals surface area contributed by atoms with E-state index in [1.807, 2.05) is 36.4 Å². The Labute approximate surface area is 559 Å². The van der Waals surface area contributed by atoms with Gasteiger partial charge in [-0.3, -0.25) is 15.0 Å². The lowest BCUT2D eigenvalue weighted by Crippen LogP contribution is -2.18. The molecule has 0 saturated heterocycles. The molecule has 0 radical (unpaired) electrons. The zero-order valence-corrected chi connectivity index (χ0v) is 55.0. The summed E-state index contributed by atoms with van der Waals surface area (Å²) in [5.74, 6) is 0. The maximum atomic E-state index is 6.67. The summed E-state index contributed by atoms with van der Waals surface area (Å²) < 4.78 is 19.9. The lowest BCUT2D eigenvalue weighted by atomic mass is 9.73. The van der Waals surface area contributed by atoms with Crippen molar-refractivity contribution < 1.29 is 13.3 Å². The van der Waals surface area contributed by atoms with Crippen molar-refractivity contribution in [3.8, 4) is 78.3 Å². The lowest BCUT2D eigenvalue weighted by molar-refractivity contribution is 0.422. The van der Waals surface area contributed by atoms with Gasteiger partial charge in [-0.25, -0.2) is 0 Å². The van der Waals surface area contributed by atoms with Crippen molar-refractivity contribution in [1.82, 2.24) is 15.0 Å². The van der Waals surface area contributed by atoms with Crippen LogP contribution in [0.1, 0.15) is 99.7 Å². The molecule has 0 unspecified atom stereocenters. The predicted octanol–water partition coefficient (Wildman–Crippen LogP) is 24.2. The molecule has 18 rings (SSSR count). The maximum absolute atomic E-state index is 6.67. The first-order valence-corrected chi connectivity index (χ1v) is 34.0. The van der Waals surface area contributed by atoms with Gasteiger partial charge in [0.2, 0.25) is 0 Å². The van der Waals surface area contributed by atoms with Gasteiger partial charge in [-0.05, 0) is 187 Å². The Hall–Kier alpha value is -11.0. The minimum atomic E-state index is -0.284. The van der Waals surface area contributed by atoms with E-state index in [1.165, 1.54) is 77.9 Å². The van der Waals surface area contributed by atoms with Gasteiger partial charge in [0.15, 0.2) is 0 Å². The quantitative estimate of drug-likeness (QED) is 0.141. The van der Waals surface area contributed by atoms with Crippen molar-refractivity contribution in [2.45, 2.75) is 90.9 Å². The average Bonchev–Trinajstić information content (AvgIpc) is 1.41. The summed E-state index contributed by atoms with van der Waals surface area (Å²) in [4.78, 5) is 16.3. The third kappa shape index (κ3) is 8.94. The number of pyridine rings is 3. The highest BCUT2D eigenvalue weighted by molar-refractivity contribution is 6.12. The van der Waals surface area contributed by atoms with Crippen LogP contribution < -0.4 is 0 Å². The van der Waals surface area contributed by atoms with Crippen molar-refractivity contribution in [3.05, 3.63) is 288 Å². The minimum absolute atomic E-state index is 0.216. The van der Waals surface area contributed by atoms with Gasteiger partial charge < -0.3 is 13.3 Å². The predicted molar refractivity (Wildman–Crippen MR) is 396 cm³/mol. The first-order valence-electron chi connectivity index (χ1n) is 34.0. The summed E-state index contributed by atoms with van der Waals surface area (Å²) in [6.45, 7) is 19.1. The number of fused-ring (bicyclic) bond motifs is 19. The highest BCUT2D eigenvalue weighted by atomic mass is 16.3. The molecular formula is C90H71N3O3. The number of allylic oxidation sites excluding steroid dienone is 4. The minimum Gasteiger partial charge on any atom is -0.455 e. The third-order valence-corrected chi connectivity index (χ3v) is 21.8. The molecule has 0 fully saturated rings. The zero-order valence-electron chi connectivity index (χ0n) is 55.0. The molecule has 6 aromatic heterocycles. The molecule has 96 heavy (non-hydrogen) atoms. The fraction of sp³-hybridized carbons (Fsp3) is 0.167. The van der Waals surface area contributed by atoms with Crippen LogP contribution in [0.3, 0.4) is 0 Å². The number of rotatable bonds is 8. The Morgan fingerprint density at radius 1 is 0.344 bits per heavy atom.